The first-order chi connectivity index (χ1) is 10.8. The maximum atomic E-state index is 9.07. The van der Waals surface area contributed by atoms with Gasteiger partial charge in [-0.05, 0) is 41.0 Å². The fourth-order valence-corrected chi connectivity index (χ4v) is 2.13. The van der Waals surface area contributed by atoms with Gasteiger partial charge in [-0.3, -0.25) is 0 Å². The Kier molecular flexibility index (Phi) is 4.37. The highest BCUT2D eigenvalue weighted by molar-refractivity contribution is 5.65. The quantitative estimate of drug-likeness (QED) is 0.654. The van der Waals surface area contributed by atoms with Crippen LogP contribution in [-0.2, 0) is 6.61 Å². The van der Waals surface area contributed by atoms with E-state index in [1.54, 1.807) is 0 Å². The van der Waals surface area contributed by atoms with Crippen LogP contribution in [0.25, 0.3) is 11.1 Å². The van der Waals surface area contributed by atoms with Gasteiger partial charge < -0.3 is 5.11 Å². The van der Waals surface area contributed by atoms with Crippen molar-refractivity contribution in [1.82, 2.24) is 0 Å². The van der Waals surface area contributed by atoms with Gasteiger partial charge in [-0.2, -0.15) is 10.2 Å². The average molecular weight is 288 g/mol. The normalized spacial score (nSPS) is 11.0. The summed E-state index contributed by atoms with van der Waals surface area (Å²) in [5.41, 5.74) is 4.80. The minimum Gasteiger partial charge on any atom is -0.392 e. The third-order valence-electron chi connectivity index (χ3n) is 3.37. The number of benzene rings is 3. The molecule has 22 heavy (non-hydrogen) atoms. The van der Waals surface area contributed by atoms with Crippen molar-refractivity contribution in [3.8, 4) is 11.1 Å². The molecule has 3 rings (SSSR count). The van der Waals surface area contributed by atoms with Gasteiger partial charge in [-0.25, -0.2) is 0 Å². The zero-order valence-electron chi connectivity index (χ0n) is 12.1. The molecule has 3 heteroatoms. The molecule has 1 N–H and O–H groups in total. The molecule has 0 saturated heterocycles. The number of aliphatic hydroxyl groups excluding tert-OH is 1. The molecule has 3 nitrogen and oxygen atoms in total. The zero-order chi connectivity index (χ0) is 15.2. The second-order valence-corrected chi connectivity index (χ2v) is 4.94. The Bertz CT molecular complexity index is 748. The highest BCUT2D eigenvalue weighted by Crippen LogP contribution is 2.24. The SMILES string of the molecule is OCc1ccc(-c2ccc(N=Nc3ccccc3)cc2)cc1. The highest BCUT2D eigenvalue weighted by atomic mass is 16.3. The summed E-state index contributed by atoms with van der Waals surface area (Å²) in [6.45, 7) is 0.0685. The molecule has 0 saturated carbocycles. The Morgan fingerprint density at radius 1 is 0.591 bits per heavy atom. The first-order valence-corrected chi connectivity index (χ1v) is 7.12. The first-order valence-electron chi connectivity index (χ1n) is 7.12. The summed E-state index contributed by atoms with van der Waals surface area (Å²) < 4.78 is 0. The van der Waals surface area contributed by atoms with Gasteiger partial charge in [0, 0.05) is 0 Å². The number of aliphatic hydroxyl groups is 1. The maximum Gasteiger partial charge on any atom is 0.0857 e. The topological polar surface area (TPSA) is 45.0 Å². The van der Waals surface area contributed by atoms with E-state index in [9.17, 15) is 0 Å². The molecule has 0 spiro atoms. The summed E-state index contributed by atoms with van der Waals surface area (Å²) in [4.78, 5) is 0. The summed E-state index contributed by atoms with van der Waals surface area (Å²) >= 11 is 0. The van der Waals surface area contributed by atoms with Gasteiger partial charge in [-0.1, -0.05) is 54.6 Å². The Labute approximate surface area is 129 Å². The summed E-state index contributed by atoms with van der Waals surface area (Å²) in [5.74, 6) is 0. The van der Waals surface area contributed by atoms with Crippen molar-refractivity contribution in [2.45, 2.75) is 6.61 Å². The molecule has 0 aromatic heterocycles. The highest BCUT2D eigenvalue weighted by Gasteiger charge is 1.98. The number of rotatable bonds is 4. The molecule has 3 aromatic rings. The van der Waals surface area contributed by atoms with Crippen LogP contribution < -0.4 is 0 Å². The van der Waals surface area contributed by atoms with Gasteiger partial charge in [0.05, 0.1) is 18.0 Å². The van der Waals surface area contributed by atoms with Crippen LogP contribution >= 0.6 is 0 Å². The van der Waals surface area contributed by atoms with Crippen LogP contribution in [0.5, 0.6) is 0 Å². The van der Waals surface area contributed by atoms with Gasteiger partial charge >= 0.3 is 0 Å². The minimum absolute atomic E-state index is 0.0685. The van der Waals surface area contributed by atoms with E-state index in [1.807, 2.05) is 78.9 Å². The molecule has 0 atom stereocenters. The van der Waals surface area contributed by atoms with Crippen molar-refractivity contribution in [2.75, 3.05) is 0 Å². The van der Waals surface area contributed by atoms with Crippen LogP contribution in [0.15, 0.2) is 89.1 Å². The van der Waals surface area contributed by atoms with Gasteiger partial charge in [0.2, 0.25) is 0 Å². The fourth-order valence-electron chi connectivity index (χ4n) is 2.13. The van der Waals surface area contributed by atoms with Gasteiger partial charge in [0.25, 0.3) is 0 Å². The standard InChI is InChI=1S/C19H16N2O/c22-14-15-6-8-16(9-7-15)17-10-12-19(13-11-17)21-20-18-4-2-1-3-5-18/h1-13,22H,14H2. The smallest absolute Gasteiger partial charge is 0.0857 e. The minimum atomic E-state index is 0.0685. The third-order valence-corrected chi connectivity index (χ3v) is 3.37. The molecule has 0 heterocycles. The third kappa shape index (κ3) is 3.45. The van der Waals surface area contributed by atoms with Crippen molar-refractivity contribution in [3.63, 3.8) is 0 Å². The van der Waals surface area contributed by atoms with Crippen LogP contribution in [0.1, 0.15) is 5.56 Å². The van der Waals surface area contributed by atoms with E-state index in [0.717, 1.165) is 28.1 Å². The Morgan fingerprint density at radius 2 is 1.09 bits per heavy atom. The van der Waals surface area contributed by atoms with Crippen LogP contribution in [-0.4, -0.2) is 5.11 Å². The molecule has 3 aromatic carbocycles. The number of nitrogens with zero attached hydrogens (tertiary/aromatic N) is 2. The second kappa shape index (κ2) is 6.78. The van der Waals surface area contributed by atoms with Gasteiger partial charge in [0.15, 0.2) is 0 Å². The fraction of sp³-hybridized carbons (Fsp3) is 0.0526. The predicted molar refractivity (Wildman–Crippen MR) is 88.4 cm³/mol. The van der Waals surface area contributed by atoms with Crippen molar-refractivity contribution in [3.05, 3.63) is 84.4 Å². The van der Waals surface area contributed by atoms with Crippen molar-refractivity contribution in [1.29, 1.82) is 0 Å². The second-order valence-electron chi connectivity index (χ2n) is 4.94. The molecular weight excluding hydrogens is 272 g/mol. The van der Waals surface area contributed by atoms with E-state index >= 15 is 0 Å². The molecule has 0 aliphatic heterocycles. The Balaban J connectivity index is 1.76. The van der Waals surface area contributed by atoms with Gasteiger partial charge in [0.1, 0.15) is 0 Å². The molecule has 108 valence electrons. The number of hydrogen-bond acceptors (Lipinski definition) is 3. The van der Waals surface area contributed by atoms with E-state index in [2.05, 4.69) is 10.2 Å². The summed E-state index contributed by atoms with van der Waals surface area (Å²) in [6, 6.07) is 25.5. The summed E-state index contributed by atoms with van der Waals surface area (Å²) in [6.07, 6.45) is 0. The Morgan fingerprint density at radius 3 is 1.64 bits per heavy atom. The van der Waals surface area contributed by atoms with Crippen LogP contribution in [0.2, 0.25) is 0 Å². The lowest BCUT2D eigenvalue weighted by molar-refractivity contribution is 0.282. The van der Waals surface area contributed by atoms with Crippen LogP contribution in [0, 0.1) is 0 Å². The summed E-state index contributed by atoms with van der Waals surface area (Å²) in [5, 5.41) is 17.5. The molecule has 0 amide bonds. The molecular formula is C19H16N2O. The van der Waals surface area contributed by atoms with Crippen molar-refractivity contribution < 1.29 is 5.11 Å². The van der Waals surface area contributed by atoms with E-state index in [1.165, 1.54) is 0 Å². The van der Waals surface area contributed by atoms with Crippen LogP contribution in [0.3, 0.4) is 0 Å². The molecule has 0 bridgehead atoms. The van der Waals surface area contributed by atoms with E-state index in [-0.39, 0.29) is 6.61 Å². The molecule has 0 fully saturated rings. The Hall–Kier alpha value is -2.78. The molecule has 0 unspecified atom stereocenters. The van der Waals surface area contributed by atoms with Gasteiger partial charge in [-0.15, -0.1) is 0 Å². The maximum absolute atomic E-state index is 9.07. The lowest BCUT2D eigenvalue weighted by Gasteiger charge is -2.03. The first kappa shape index (κ1) is 14.2. The molecule has 0 aliphatic carbocycles. The zero-order valence-corrected chi connectivity index (χ0v) is 12.1. The summed E-state index contributed by atoms with van der Waals surface area (Å²) in [7, 11) is 0. The number of hydrogen-bond donors (Lipinski definition) is 1. The van der Waals surface area contributed by atoms with E-state index < -0.39 is 0 Å². The lowest BCUT2D eigenvalue weighted by Crippen LogP contribution is -1.82. The molecule has 0 aliphatic rings. The van der Waals surface area contributed by atoms with Crippen molar-refractivity contribution in [2.24, 2.45) is 10.2 Å². The molecule has 0 radical (unpaired) electrons. The average Bonchev–Trinajstić information content (AvgIpc) is 2.61. The van der Waals surface area contributed by atoms with E-state index in [4.69, 9.17) is 5.11 Å². The monoisotopic (exact) mass is 288 g/mol. The lowest BCUT2D eigenvalue weighted by atomic mass is 10.0. The number of azo groups is 1. The van der Waals surface area contributed by atoms with Crippen molar-refractivity contribution >= 4 is 11.4 Å². The predicted octanol–water partition coefficient (Wildman–Crippen LogP) is 5.26. The largest absolute Gasteiger partial charge is 0.392 e. The van der Waals surface area contributed by atoms with E-state index in [0.29, 0.717) is 0 Å². The van der Waals surface area contributed by atoms with Crippen LogP contribution in [0.4, 0.5) is 11.4 Å².